The number of benzene rings is 3. The third-order valence-electron chi connectivity index (χ3n) is 4.92. The van der Waals surface area contributed by atoms with Crippen molar-refractivity contribution in [3.05, 3.63) is 90.5 Å². The Morgan fingerprint density at radius 1 is 0.815 bits per heavy atom. The van der Waals surface area contributed by atoms with Crippen molar-refractivity contribution in [2.24, 2.45) is 0 Å². The molecular formula is C23H17NO3. The van der Waals surface area contributed by atoms with Gasteiger partial charge in [0.2, 0.25) is 5.88 Å². The zero-order valence-corrected chi connectivity index (χ0v) is 14.5. The number of para-hydroxylation sites is 1. The molecule has 1 aliphatic heterocycles. The normalized spacial score (nSPS) is 16.7. The zero-order chi connectivity index (χ0) is 18.2. The lowest BCUT2D eigenvalue weighted by atomic mass is 10.0. The molecule has 1 atom stereocenters. The first-order valence-electron chi connectivity index (χ1n) is 8.91. The number of cyclic esters (lactones) is 1. The van der Waals surface area contributed by atoms with Crippen LogP contribution in [-0.4, -0.2) is 12.7 Å². The molecule has 4 heteroatoms. The van der Waals surface area contributed by atoms with Crippen LogP contribution < -0.4 is 4.90 Å². The van der Waals surface area contributed by atoms with E-state index in [1.54, 1.807) is 4.90 Å². The van der Waals surface area contributed by atoms with Gasteiger partial charge in [-0.05, 0) is 17.2 Å². The summed E-state index contributed by atoms with van der Waals surface area (Å²) in [6.07, 6.45) is -0.389. The van der Waals surface area contributed by atoms with Crippen molar-refractivity contribution < 1.29 is 13.9 Å². The number of carbonyl (C=O) groups is 1. The molecule has 0 radical (unpaired) electrons. The molecule has 0 saturated carbocycles. The van der Waals surface area contributed by atoms with Gasteiger partial charge < -0.3 is 9.15 Å². The molecule has 0 aliphatic carbocycles. The van der Waals surface area contributed by atoms with E-state index in [-0.39, 0.29) is 12.1 Å². The van der Waals surface area contributed by atoms with E-state index in [1.165, 1.54) is 0 Å². The van der Waals surface area contributed by atoms with Crippen LogP contribution in [-0.2, 0) is 4.74 Å². The first kappa shape index (κ1) is 15.7. The Morgan fingerprint density at radius 3 is 2.26 bits per heavy atom. The fourth-order valence-electron chi connectivity index (χ4n) is 3.65. The standard InChI is InChI=1S/C23H17NO3/c25-23-24(19(15-26-23)16-9-3-1-4-10-16)22-21(17-11-5-2-6-12-17)18-13-7-8-14-20(18)27-22/h1-14,19H,15H2. The Balaban J connectivity index is 1.73. The topological polar surface area (TPSA) is 42.7 Å². The first-order valence-corrected chi connectivity index (χ1v) is 8.91. The lowest BCUT2D eigenvalue weighted by Crippen LogP contribution is -2.27. The van der Waals surface area contributed by atoms with Crippen molar-refractivity contribution in [3.63, 3.8) is 0 Å². The summed E-state index contributed by atoms with van der Waals surface area (Å²) in [5.74, 6) is 0.527. The first-order chi connectivity index (χ1) is 13.3. The van der Waals surface area contributed by atoms with Crippen LogP contribution in [0.1, 0.15) is 11.6 Å². The fraction of sp³-hybridized carbons (Fsp3) is 0.0870. The number of ether oxygens (including phenoxy) is 1. The van der Waals surface area contributed by atoms with Gasteiger partial charge in [0.25, 0.3) is 0 Å². The van der Waals surface area contributed by atoms with Gasteiger partial charge in [0, 0.05) is 5.39 Å². The maximum atomic E-state index is 12.7. The van der Waals surface area contributed by atoms with Gasteiger partial charge in [0.1, 0.15) is 18.2 Å². The Hall–Kier alpha value is -3.53. The Kier molecular flexibility index (Phi) is 3.68. The fourth-order valence-corrected chi connectivity index (χ4v) is 3.65. The second-order valence-electron chi connectivity index (χ2n) is 6.52. The number of nitrogens with zero attached hydrogens (tertiary/aromatic N) is 1. The average molecular weight is 355 g/mol. The summed E-state index contributed by atoms with van der Waals surface area (Å²) in [7, 11) is 0. The van der Waals surface area contributed by atoms with E-state index in [1.807, 2.05) is 84.9 Å². The summed E-state index contributed by atoms with van der Waals surface area (Å²) in [4.78, 5) is 14.3. The molecule has 1 fully saturated rings. The van der Waals surface area contributed by atoms with E-state index < -0.39 is 0 Å². The van der Waals surface area contributed by atoms with Crippen LogP contribution in [0.2, 0.25) is 0 Å². The summed E-state index contributed by atoms with van der Waals surface area (Å²) >= 11 is 0. The molecule has 1 aliphatic rings. The minimum Gasteiger partial charge on any atom is -0.446 e. The molecule has 132 valence electrons. The maximum absolute atomic E-state index is 12.7. The molecule has 2 heterocycles. The summed E-state index contributed by atoms with van der Waals surface area (Å²) in [6, 6.07) is 27.5. The SMILES string of the molecule is O=C1OCC(c2ccccc2)N1c1oc2ccccc2c1-c1ccccc1. The number of anilines is 1. The van der Waals surface area contributed by atoms with Crippen molar-refractivity contribution in [1.29, 1.82) is 0 Å². The van der Waals surface area contributed by atoms with Crippen LogP contribution in [0.15, 0.2) is 89.3 Å². The van der Waals surface area contributed by atoms with Gasteiger partial charge in [0.05, 0.1) is 5.56 Å². The van der Waals surface area contributed by atoms with E-state index >= 15 is 0 Å². The molecule has 1 amide bonds. The highest BCUT2D eigenvalue weighted by Crippen LogP contribution is 2.44. The van der Waals surface area contributed by atoms with E-state index in [9.17, 15) is 4.79 Å². The summed E-state index contributed by atoms with van der Waals surface area (Å²) in [5.41, 5.74) is 3.68. The highest BCUT2D eigenvalue weighted by Gasteiger charge is 2.39. The number of hydrogen-bond acceptors (Lipinski definition) is 3. The summed E-state index contributed by atoms with van der Waals surface area (Å²) < 4.78 is 11.6. The van der Waals surface area contributed by atoms with Crippen molar-refractivity contribution in [1.82, 2.24) is 0 Å². The Labute approximate surface area is 156 Å². The number of furan rings is 1. The number of amides is 1. The van der Waals surface area contributed by atoms with E-state index in [0.29, 0.717) is 12.5 Å². The molecule has 0 bridgehead atoms. The predicted molar refractivity (Wildman–Crippen MR) is 105 cm³/mol. The zero-order valence-electron chi connectivity index (χ0n) is 14.5. The maximum Gasteiger partial charge on any atom is 0.417 e. The van der Waals surface area contributed by atoms with Gasteiger partial charge in [0.15, 0.2) is 0 Å². The van der Waals surface area contributed by atoms with Crippen molar-refractivity contribution in [3.8, 4) is 11.1 Å². The van der Waals surface area contributed by atoms with E-state index in [2.05, 4.69) is 0 Å². The highest BCUT2D eigenvalue weighted by molar-refractivity contribution is 6.05. The minimum absolute atomic E-state index is 0.221. The Morgan fingerprint density at radius 2 is 1.48 bits per heavy atom. The van der Waals surface area contributed by atoms with E-state index in [4.69, 9.17) is 9.15 Å². The third-order valence-corrected chi connectivity index (χ3v) is 4.92. The average Bonchev–Trinajstić information content (AvgIpc) is 3.29. The number of rotatable bonds is 3. The van der Waals surface area contributed by atoms with Crippen LogP contribution in [0, 0.1) is 0 Å². The van der Waals surface area contributed by atoms with Crippen molar-refractivity contribution in [2.75, 3.05) is 11.5 Å². The van der Waals surface area contributed by atoms with Crippen molar-refractivity contribution in [2.45, 2.75) is 6.04 Å². The van der Waals surface area contributed by atoms with Gasteiger partial charge in [-0.2, -0.15) is 0 Å². The smallest absolute Gasteiger partial charge is 0.417 e. The largest absolute Gasteiger partial charge is 0.446 e. The monoisotopic (exact) mass is 355 g/mol. The lowest BCUT2D eigenvalue weighted by Gasteiger charge is -2.20. The van der Waals surface area contributed by atoms with Crippen LogP contribution >= 0.6 is 0 Å². The van der Waals surface area contributed by atoms with Gasteiger partial charge in [-0.1, -0.05) is 78.9 Å². The molecule has 1 aromatic heterocycles. The molecule has 4 nitrogen and oxygen atoms in total. The van der Waals surface area contributed by atoms with Crippen LogP contribution in [0.3, 0.4) is 0 Å². The molecular weight excluding hydrogens is 338 g/mol. The molecule has 4 aromatic rings. The van der Waals surface area contributed by atoms with Gasteiger partial charge in [-0.25, -0.2) is 9.69 Å². The molecule has 1 saturated heterocycles. The number of carbonyl (C=O) groups excluding carboxylic acids is 1. The van der Waals surface area contributed by atoms with Crippen molar-refractivity contribution >= 4 is 22.9 Å². The summed E-state index contributed by atoms with van der Waals surface area (Å²) in [6.45, 7) is 0.300. The number of hydrogen-bond donors (Lipinski definition) is 0. The van der Waals surface area contributed by atoms with Crippen LogP contribution in [0.25, 0.3) is 22.1 Å². The molecule has 1 unspecified atom stereocenters. The quantitative estimate of drug-likeness (QED) is 0.466. The predicted octanol–water partition coefficient (Wildman–Crippen LogP) is 5.80. The molecule has 27 heavy (non-hydrogen) atoms. The Bertz CT molecular complexity index is 1100. The molecule has 5 rings (SSSR count). The van der Waals surface area contributed by atoms with Crippen LogP contribution in [0.4, 0.5) is 10.7 Å². The van der Waals surface area contributed by atoms with E-state index in [0.717, 1.165) is 27.7 Å². The molecule has 0 spiro atoms. The highest BCUT2D eigenvalue weighted by atomic mass is 16.6. The molecule has 3 aromatic carbocycles. The summed E-state index contributed by atoms with van der Waals surface area (Å²) in [5, 5.41) is 0.977. The minimum atomic E-state index is -0.389. The lowest BCUT2D eigenvalue weighted by molar-refractivity contribution is 0.178. The van der Waals surface area contributed by atoms with Gasteiger partial charge in [-0.15, -0.1) is 0 Å². The second-order valence-corrected chi connectivity index (χ2v) is 6.52. The molecule has 0 N–H and O–H groups in total. The number of fused-ring (bicyclic) bond motifs is 1. The third kappa shape index (κ3) is 2.57. The second kappa shape index (κ2) is 6.32. The van der Waals surface area contributed by atoms with Gasteiger partial charge >= 0.3 is 6.09 Å². The van der Waals surface area contributed by atoms with Crippen LogP contribution in [0.5, 0.6) is 0 Å². The van der Waals surface area contributed by atoms with Gasteiger partial charge in [-0.3, -0.25) is 0 Å².